The van der Waals surface area contributed by atoms with Crippen LogP contribution in [0.3, 0.4) is 0 Å². The van der Waals surface area contributed by atoms with Gasteiger partial charge in [0.2, 0.25) is 5.91 Å². The highest BCUT2D eigenvalue weighted by Gasteiger charge is 2.50. The van der Waals surface area contributed by atoms with Crippen molar-refractivity contribution in [2.45, 2.75) is 11.8 Å². The van der Waals surface area contributed by atoms with Crippen LogP contribution in [0.5, 0.6) is 0 Å². The minimum absolute atomic E-state index is 0.0977. The number of hydrogen-bond donors (Lipinski definition) is 0. The van der Waals surface area contributed by atoms with Gasteiger partial charge in [0.25, 0.3) is 0 Å². The molecule has 3 nitrogen and oxygen atoms in total. The first kappa shape index (κ1) is 14.6. The molecule has 2 heterocycles. The average molecular weight is 314 g/mol. The van der Waals surface area contributed by atoms with E-state index in [1.165, 1.54) is 0 Å². The number of benzene rings is 2. The Morgan fingerprint density at radius 2 is 1.62 bits per heavy atom. The molecular formula is C21H18N2O. The van der Waals surface area contributed by atoms with E-state index in [2.05, 4.69) is 11.1 Å². The first-order valence-corrected chi connectivity index (χ1v) is 8.06. The molecule has 0 saturated carbocycles. The third-order valence-electron chi connectivity index (χ3n) is 4.83. The zero-order valence-electron chi connectivity index (χ0n) is 13.5. The smallest absolute Gasteiger partial charge is 0.242 e. The van der Waals surface area contributed by atoms with Crippen LogP contribution in [0.25, 0.3) is 0 Å². The van der Waals surface area contributed by atoms with E-state index in [1.54, 1.807) is 11.1 Å². The molecule has 4 rings (SSSR count). The lowest BCUT2D eigenvalue weighted by Gasteiger charge is -2.28. The number of fused-ring (bicyclic) bond motifs is 1. The minimum atomic E-state index is -0.721. The lowest BCUT2D eigenvalue weighted by molar-refractivity contribution is -0.121. The van der Waals surface area contributed by atoms with E-state index in [4.69, 9.17) is 0 Å². The van der Waals surface area contributed by atoms with E-state index in [9.17, 15) is 4.79 Å². The molecule has 0 bridgehead atoms. The van der Waals surface area contributed by atoms with Crippen molar-refractivity contribution < 1.29 is 4.79 Å². The van der Waals surface area contributed by atoms with Crippen molar-refractivity contribution in [3.8, 4) is 0 Å². The van der Waals surface area contributed by atoms with Gasteiger partial charge in [-0.25, -0.2) is 0 Å². The Bertz CT molecular complexity index is 877. The number of anilines is 1. The van der Waals surface area contributed by atoms with Crippen molar-refractivity contribution in [1.29, 1.82) is 0 Å². The number of pyridine rings is 1. The van der Waals surface area contributed by atoms with Gasteiger partial charge in [-0.05, 0) is 29.3 Å². The van der Waals surface area contributed by atoms with Crippen molar-refractivity contribution in [2.75, 3.05) is 11.9 Å². The largest absolute Gasteiger partial charge is 0.314 e. The van der Waals surface area contributed by atoms with E-state index in [-0.39, 0.29) is 5.91 Å². The van der Waals surface area contributed by atoms with Crippen molar-refractivity contribution in [3.63, 3.8) is 0 Å². The third-order valence-corrected chi connectivity index (χ3v) is 4.83. The standard InChI is InChI=1S/C21H18N2O/c1-23-19-13-6-5-12-18(19)21(20(23)24,16-9-3-2-4-10-16)15-17-11-7-8-14-22-17/h2-14H,15H2,1H3. The number of carbonyl (C=O) groups is 1. The summed E-state index contributed by atoms with van der Waals surface area (Å²) in [6.07, 6.45) is 2.33. The molecule has 0 spiro atoms. The molecule has 1 aliphatic rings. The fourth-order valence-corrected chi connectivity index (χ4v) is 3.69. The van der Waals surface area contributed by atoms with Crippen LogP contribution in [0.4, 0.5) is 5.69 Å². The molecule has 0 radical (unpaired) electrons. The van der Waals surface area contributed by atoms with Crippen LogP contribution in [-0.2, 0) is 16.6 Å². The number of amides is 1. The Kier molecular flexibility index (Phi) is 3.42. The maximum absolute atomic E-state index is 13.4. The maximum atomic E-state index is 13.4. The third kappa shape index (κ3) is 2.05. The molecule has 2 aromatic carbocycles. The summed E-state index contributed by atoms with van der Waals surface area (Å²) >= 11 is 0. The Morgan fingerprint density at radius 3 is 2.38 bits per heavy atom. The quantitative estimate of drug-likeness (QED) is 0.740. The molecule has 0 N–H and O–H groups in total. The van der Waals surface area contributed by atoms with E-state index < -0.39 is 5.41 Å². The van der Waals surface area contributed by atoms with E-state index in [1.807, 2.05) is 73.8 Å². The van der Waals surface area contributed by atoms with Crippen LogP contribution in [0.1, 0.15) is 16.8 Å². The van der Waals surface area contributed by atoms with Crippen LogP contribution >= 0.6 is 0 Å². The second-order valence-corrected chi connectivity index (χ2v) is 6.15. The number of hydrogen-bond acceptors (Lipinski definition) is 2. The second-order valence-electron chi connectivity index (χ2n) is 6.15. The zero-order chi connectivity index (χ0) is 16.6. The van der Waals surface area contributed by atoms with Gasteiger partial charge in [-0.15, -0.1) is 0 Å². The molecule has 1 aliphatic heterocycles. The highest BCUT2D eigenvalue weighted by molar-refractivity contribution is 6.10. The fourth-order valence-electron chi connectivity index (χ4n) is 3.69. The van der Waals surface area contributed by atoms with Gasteiger partial charge < -0.3 is 4.90 Å². The Hall–Kier alpha value is -2.94. The summed E-state index contributed by atoms with van der Waals surface area (Å²) in [5.41, 5.74) is 3.23. The van der Waals surface area contributed by atoms with E-state index >= 15 is 0 Å². The van der Waals surface area contributed by atoms with Gasteiger partial charge in [-0.2, -0.15) is 0 Å². The number of rotatable bonds is 3. The summed E-state index contributed by atoms with van der Waals surface area (Å²) in [6.45, 7) is 0. The van der Waals surface area contributed by atoms with Crippen LogP contribution < -0.4 is 4.90 Å². The summed E-state index contributed by atoms with van der Waals surface area (Å²) in [5.74, 6) is 0.0977. The molecule has 1 atom stereocenters. The average Bonchev–Trinajstić information content (AvgIpc) is 2.86. The number of likely N-dealkylation sites (N-methyl/N-ethyl adjacent to an activating group) is 1. The topological polar surface area (TPSA) is 33.2 Å². The molecule has 3 heteroatoms. The zero-order valence-corrected chi connectivity index (χ0v) is 13.5. The van der Waals surface area contributed by atoms with Crippen LogP contribution in [-0.4, -0.2) is 17.9 Å². The summed E-state index contributed by atoms with van der Waals surface area (Å²) in [7, 11) is 1.85. The summed E-state index contributed by atoms with van der Waals surface area (Å²) in [4.78, 5) is 19.6. The van der Waals surface area contributed by atoms with Crippen molar-refractivity contribution in [3.05, 3.63) is 95.8 Å². The lowest BCUT2D eigenvalue weighted by atomic mass is 9.72. The number of carbonyl (C=O) groups excluding carboxylic acids is 1. The van der Waals surface area contributed by atoms with E-state index in [0.29, 0.717) is 6.42 Å². The summed E-state index contributed by atoms with van der Waals surface area (Å²) in [5, 5.41) is 0. The van der Waals surface area contributed by atoms with Gasteiger partial charge in [0, 0.05) is 31.0 Å². The van der Waals surface area contributed by atoms with Crippen molar-refractivity contribution >= 4 is 11.6 Å². The summed E-state index contributed by atoms with van der Waals surface area (Å²) in [6, 6.07) is 23.9. The minimum Gasteiger partial charge on any atom is -0.314 e. The predicted molar refractivity (Wildman–Crippen MR) is 95.0 cm³/mol. The molecule has 0 saturated heterocycles. The van der Waals surface area contributed by atoms with E-state index in [0.717, 1.165) is 22.5 Å². The van der Waals surface area contributed by atoms with Crippen molar-refractivity contribution in [2.24, 2.45) is 0 Å². The first-order valence-electron chi connectivity index (χ1n) is 8.06. The maximum Gasteiger partial charge on any atom is 0.242 e. The fraction of sp³-hybridized carbons (Fsp3) is 0.143. The Labute approximate surface area is 141 Å². The van der Waals surface area contributed by atoms with Crippen molar-refractivity contribution in [1.82, 2.24) is 4.98 Å². The van der Waals surface area contributed by atoms with Gasteiger partial charge in [0.1, 0.15) is 5.41 Å². The lowest BCUT2D eigenvalue weighted by Crippen LogP contribution is -2.41. The molecule has 1 unspecified atom stereocenters. The number of nitrogens with zero attached hydrogens (tertiary/aromatic N) is 2. The molecule has 1 amide bonds. The second kappa shape index (κ2) is 5.60. The van der Waals surface area contributed by atoms with Gasteiger partial charge in [0.05, 0.1) is 0 Å². The summed E-state index contributed by atoms with van der Waals surface area (Å²) < 4.78 is 0. The molecule has 0 aliphatic carbocycles. The molecule has 24 heavy (non-hydrogen) atoms. The van der Waals surface area contributed by atoms with Gasteiger partial charge in [0.15, 0.2) is 0 Å². The van der Waals surface area contributed by atoms with Crippen LogP contribution in [0.15, 0.2) is 79.0 Å². The van der Waals surface area contributed by atoms with Crippen LogP contribution in [0.2, 0.25) is 0 Å². The number of para-hydroxylation sites is 1. The predicted octanol–water partition coefficient (Wildman–Crippen LogP) is 3.59. The van der Waals surface area contributed by atoms with Gasteiger partial charge in [-0.3, -0.25) is 9.78 Å². The van der Waals surface area contributed by atoms with Gasteiger partial charge in [-0.1, -0.05) is 54.6 Å². The molecule has 118 valence electrons. The molecule has 0 fully saturated rings. The highest BCUT2D eigenvalue weighted by Crippen LogP contribution is 2.47. The Morgan fingerprint density at radius 1 is 0.917 bits per heavy atom. The SMILES string of the molecule is CN1C(=O)C(Cc2ccccn2)(c2ccccc2)c2ccccc21. The Balaban J connectivity index is 1.97. The van der Waals surface area contributed by atoms with Gasteiger partial charge >= 0.3 is 0 Å². The molecule has 1 aromatic heterocycles. The first-order chi connectivity index (χ1) is 11.7. The highest BCUT2D eigenvalue weighted by atomic mass is 16.2. The monoisotopic (exact) mass is 314 g/mol. The molecule has 3 aromatic rings. The normalized spacial score (nSPS) is 19.4. The van der Waals surface area contributed by atoms with Crippen LogP contribution in [0, 0.1) is 0 Å². The molecular weight excluding hydrogens is 296 g/mol. The number of aromatic nitrogens is 1.